The van der Waals surface area contributed by atoms with E-state index in [1.54, 1.807) is 0 Å². The zero-order chi connectivity index (χ0) is 12.3. The Kier molecular flexibility index (Phi) is 5.14. The molecule has 3 heteroatoms. The van der Waals surface area contributed by atoms with Crippen LogP contribution in [0.1, 0.15) is 46.5 Å². The minimum absolute atomic E-state index is 0.495. The summed E-state index contributed by atoms with van der Waals surface area (Å²) in [6.45, 7) is 7.18. The van der Waals surface area contributed by atoms with Crippen molar-refractivity contribution in [2.45, 2.75) is 63.8 Å². The highest BCUT2D eigenvalue weighted by atomic mass is 32.2. The summed E-state index contributed by atoms with van der Waals surface area (Å²) < 4.78 is 0. The van der Waals surface area contributed by atoms with Crippen LogP contribution in [0.5, 0.6) is 0 Å². The minimum Gasteiger partial charge on any atom is -0.309 e. The standard InChI is InChI=1S/C14H27NS2/c1-4-17-12-7-5-6-11(12)15-13-10-16-9-8-14(13,2)3/h11-13,15H,4-10H2,1-3H3. The van der Waals surface area contributed by atoms with Gasteiger partial charge in [0.2, 0.25) is 0 Å². The van der Waals surface area contributed by atoms with E-state index in [2.05, 4.69) is 49.6 Å². The van der Waals surface area contributed by atoms with E-state index in [4.69, 9.17) is 0 Å². The van der Waals surface area contributed by atoms with Crippen molar-refractivity contribution in [1.29, 1.82) is 0 Å². The van der Waals surface area contributed by atoms with Gasteiger partial charge in [-0.25, -0.2) is 0 Å². The average molecular weight is 274 g/mol. The predicted molar refractivity (Wildman–Crippen MR) is 82.2 cm³/mol. The molecule has 0 radical (unpaired) electrons. The molecule has 0 aromatic heterocycles. The van der Waals surface area contributed by atoms with Crippen molar-refractivity contribution < 1.29 is 0 Å². The molecule has 1 aliphatic heterocycles. The highest BCUT2D eigenvalue weighted by molar-refractivity contribution is 8.00. The molecule has 100 valence electrons. The number of thioether (sulfide) groups is 2. The van der Waals surface area contributed by atoms with E-state index >= 15 is 0 Å². The molecule has 0 aromatic carbocycles. The van der Waals surface area contributed by atoms with Gasteiger partial charge in [0.25, 0.3) is 0 Å². The van der Waals surface area contributed by atoms with E-state index in [1.807, 2.05) is 0 Å². The molecule has 0 amide bonds. The molecule has 17 heavy (non-hydrogen) atoms. The topological polar surface area (TPSA) is 12.0 Å². The zero-order valence-electron chi connectivity index (χ0n) is 11.5. The number of hydrogen-bond donors (Lipinski definition) is 1. The third kappa shape index (κ3) is 3.57. The van der Waals surface area contributed by atoms with Gasteiger partial charge in [-0.05, 0) is 36.2 Å². The Morgan fingerprint density at radius 2 is 2.18 bits per heavy atom. The van der Waals surface area contributed by atoms with Crippen LogP contribution in [0, 0.1) is 5.41 Å². The number of rotatable bonds is 4. The second-order valence-corrected chi connectivity index (χ2v) is 8.73. The van der Waals surface area contributed by atoms with Crippen LogP contribution in [-0.2, 0) is 0 Å². The first kappa shape index (κ1) is 14.1. The Bertz CT molecular complexity index is 242. The molecule has 1 saturated heterocycles. The molecule has 0 aromatic rings. The highest BCUT2D eigenvalue weighted by Crippen LogP contribution is 2.37. The van der Waals surface area contributed by atoms with Crippen molar-refractivity contribution in [2.24, 2.45) is 5.41 Å². The fraction of sp³-hybridized carbons (Fsp3) is 1.00. The van der Waals surface area contributed by atoms with E-state index in [9.17, 15) is 0 Å². The summed E-state index contributed by atoms with van der Waals surface area (Å²) in [5.41, 5.74) is 0.495. The molecule has 1 nitrogen and oxygen atoms in total. The van der Waals surface area contributed by atoms with Gasteiger partial charge in [0.05, 0.1) is 0 Å². The molecule has 1 heterocycles. The van der Waals surface area contributed by atoms with Crippen LogP contribution in [-0.4, -0.2) is 34.6 Å². The molecule has 3 atom stereocenters. The molecule has 2 fully saturated rings. The van der Waals surface area contributed by atoms with Gasteiger partial charge < -0.3 is 5.32 Å². The van der Waals surface area contributed by atoms with Crippen molar-refractivity contribution in [1.82, 2.24) is 5.32 Å². The molecule has 2 rings (SSSR count). The molecule has 3 unspecified atom stereocenters. The van der Waals surface area contributed by atoms with Gasteiger partial charge in [0, 0.05) is 23.1 Å². The largest absolute Gasteiger partial charge is 0.309 e. The maximum Gasteiger partial charge on any atom is 0.0212 e. The lowest BCUT2D eigenvalue weighted by molar-refractivity contribution is 0.229. The Morgan fingerprint density at radius 1 is 1.35 bits per heavy atom. The van der Waals surface area contributed by atoms with E-state index in [1.165, 1.54) is 42.9 Å². The Hall–Kier alpha value is 0.660. The summed E-state index contributed by atoms with van der Waals surface area (Å²) in [6.07, 6.45) is 5.62. The van der Waals surface area contributed by atoms with Gasteiger partial charge in [0.1, 0.15) is 0 Å². The monoisotopic (exact) mass is 273 g/mol. The first-order valence-corrected chi connectivity index (χ1v) is 9.29. The van der Waals surface area contributed by atoms with Gasteiger partial charge in [-0.15, -0.1) is 0 Å². The van der Waals surface area contributed by atoms with Crippen LogP contribution in [0.15, 0.2) is 0 Å². The number of hydrogen-bond acceptors (Lipinski definition) is 3. The van der Waals surface area contributed by atoms with Crippen LogP contribution in [0.25, 0.3) is 0 Å². The lowest BCUT2D eigenvalue weighted by Gasteiger charge is -2.41. The summed E-state index contributed by atoms with van der Waals surface area (Å²) in [7, 11) is 0. The van der Waals surface area contributed by atoms with Crippen LogP contribution in [0.4, 0.5) is 0 Å². The van der Waals surface area contributed by atoms with E-state index in [0.29, 0.717) is 5.41 Å². The van der Waals surface area contributed by atoms with Crippen molar-refractivity contribution in [3.05, 3.63) is 0 Å². The SMILES string of the molecule is CCSC1CCCC1NC1CSCCC1(C)C. The summed E-state index contributed by atoms with van der Waals surface area (Å²) in [5, 5.41) is 4.88. The normalized spacial score (nSPS) is 37.2. The summed E-state index contributed by atoms with van der Waals surface area (Å²) >= 11 is 4.30. The second kappa shape index (κ2) is 6.21. The molecule has 1 aliphatic carbocycles. The van der Waals surface area contributed by atoms with E-state index in [0.717, 1.165) is 17.3 Å². The second-order valence-electron chi connectivity index (χ2n) is 6.06. The first-order valence-electron chi connectivity index (χ1n) is 7.09. The van der Waals surface area contributed by atoms with Crippen molar-refractivity contribution >= 4 is 23.5 Å². The Morgan fingerprint density at radius 3 is 2.88 bits per heavy atom. The van der Waals surface area contributed by atoms with Crippen LogP contribution in [0.2, 0.25) is 0 Å². The van der Waals surface area contributed by atoms with Gasteiger partial charge in [-0.1, -0.05) is 27.2 Å². The maximum absolute atomic E-state index is 4.00. The third-order valence-corrected chi connectivity index (χ3v) is 6.75. The summed E-state index contributed by atoms with van der Waals surface area (Å²) in [6, 6.07) is 1.51. The molecule has 0 bridgehead atoms. The molecule has 1 saturated carbocycles. The Balaban J connectivity index is 1.90. The van der Waals surface area contributed by atoms with Gasteiger partial charge >= 0.3 is 0 Å². The lowest BCUT2D eigenvalue weighted by Crippen LogP contribution is -2.52. The molecular weight excluding hydrogens is 246 g/mol. The van der Waals surface area contributed by atoms with Crippen LogP contribution in [0.3, 0.4) is 0 Å². The van der Waals surface area contributed by atoms with Crippen LogP contribution >= 0.6 is 23.5 Å². The van der Waals surface area contributed by atoms with Gasteiger partial charge in [-0.2, -0.15) is 23.5 Å². The molecule has 2 aliphatic rings. The average Bonchev–Trinajstić information content (AvgIpc) is 2.70. The quantitative estimate of drug-likeness (QED) is 0.837. The van der Waals surface area contributed by atoms with Gasteiger partial charge in [-0.3, -0.25) is 0 Å². The fourth-order valence-electron chi connectivity index (χ4n) is 3.00. The van der Waals surface area contributed by atoms with Crippen molar-refractivity contribution in [3.8, 4) is 0 Å². The van der Waals surface area contributed by atoms with E-state index in [-0.39, 0.29) is 0 Å². The molecule has 0 spiro atoms. The maximum atomic E-state index is 4.00. The fourth-order valence-corrected chi connectivity index (χ4v) is 5.83. The van der Waals surface area contributed by atoms with E-state index < -0.39 is 0 Å². The Labute approximate surface area is 115 Å². The smallest absolute Gasteiger partial charge is 0.0212 e. The first-order chi connectivity index (χ1) is 8.13. The number of nitrogens with one attached hydrogen (secondary N) is 1. The summed E-state index contributed by atoms with van der Waals surface area (Å²) in [4.78, 5) is 0. The van der Waals surface area contributed by atoms with Gasteiger partial charge in [0.15, 0.2) is 0 Å². The van der Waals surface area contributed by atoms with Crippen LogP contribution < -0.4 is 5.32 Å². The predicted octanol–water partition coefficient (Wildman–Crippen LogP) is 3.78. The third-order valence-electron chi connectivity index (χ3n) is 4.37. The highest BCUT2D eigenvalue weighted by Gasteiger charge is 2.36. The minimum atomic E-state index is 0.495. The van der Waals surface area contributed by atoms with Crippen molar-refractivity contribution in [3.63, 3.8) is 0 Å². The van der Waals surface area contributed by atoms with Crippen molar-refractivity contribution in [2.75, 3.05) is 17.3 Å². The lowest BCUT2D eigenvalue weighted by atomic mass is 9.82. The summed E-state index contributed by atoms with van der Waals surface area (Å²) in [5.74, 6) is 3.93. The molecule has 1 N–H and O–H groups in total. The molecular formula is C14H27NS2. The zero-order valence-corrected chi connectivity index (χ0v) is 13.1.